The van der Waals surface area contributed by atoms with Crippen LogP contribution in [0.2, 0.25) is 0 Å². The van der Waals surface area contributed by atoms with Gasteiger partial charge in [-0.1, -0.05) is 19.3 Å². The Morgan fingerprint density at radius 2 is 1.78 bits per heavy atom. The van der Waals surface area contributed by atoms with E-state index in [2.05, 4.69) is 13.8 Å². The van der Waals surface area contributed by atoms with Gasteiger partial charge in [0.25, 0.3) is 0 Å². The van der Waals surface area contributed by atoms with Gasteiger partial charge in [-0.3, -0.25) is 0 Å². The molecule has 1 rings (SSSR count). The number of methoxy groups -OCH3 is 2. The topological polar surface area (TPSA) is 38.7 Å². The van der Waals surface area contributed by atoms with Crippen molar-refractivity contribution in [2.75, 3.05) is 14.2 Å². The van der Waals surface area contributed by atoms with Crippen molar-refractivity contribution in [1.82, 2.24) is 0 Å². The first-order chi connectivity index (χ1) is 8.50. The van der Waals surface area contributed by atoms with E-state index in [1.165, 1.54) is 32.1 Å². The minimum absolute atomic E-state index is 0.00189. The molecule has 0 spiro atoms. The summed E-state index contributed by atoms with van der Waals surface area (Å²) >= 11 is 0. The fourth-order valence-electron chi connectivity index (χ4n) is 2.89. The Hall–Kier alpha value is -0.120. The summed E-state index contributed by atoms with van der Waals surface area (Å²) in [7, 11) is 3.45. The first-order valence-electron chi connectivity index (χ1n) is 7.26. The van der Waals surface area contributed by atoms with Crippen LogP contribution >= 0.6 is 0 Å². The van der Waals surface area contributed by atoms with Crippen LogP contribution in [0.1, 0.15) is 58.8 Å². The summed E-state index contributed by atoms with van der Waals surface area (Å²) in [6, 6.07) is 0. The average molecular weight is 258 g/mol. The van der Waals surface area contributed by atoms with Crippen LogP contribution in [0.15, 0.2) is 0 Å². The quantitative estimate of drug-likeness (QED) is 0.762. The zero-order valence-electron chi connectivity index (χ0n) is 12.4. The van der Waals surface area contributed by atoms with Crippen molar-refractivity contribution in [2.24, 2.45) is 5.92 Å². The van der Waals surface area contributed by atoms with E-state index in [-0.39, 0.29) is 17.8 Å². The second-order valence-corrected chi connectivity index (χ2v) is 6.17. The van der Waals surface area contributed by atoms with Crippen LogP contribution in [0, 0.1) is 5.92 Å². The Labute approximate surface area is 112 Å². The van der Waals surface area contributed by atoms with Crippen molar-refractivity contribution in [1.29, 1.82) is 0 Å². The molecule has 0 amide bonds. The van der Waals surface area contributed by atoms with Gasteiger partial charge in [-0.2, -0.15) is 0 Å². The molecule has 0 aromatic carbocycles. The molecular formula is C15H30O3. The fourth-order valence-corrected chi connectivity index (χ4v) is 2.89. The Bertz CT molecular complexity index is 222. The highest BCUT2D eigenvalue weighted by atomic mass is 16.5. The third kappa shape index (κ3) is 4.87. The molecule has 1 saturated carbocycles. The monoisotopic (exact) mass is 258 g/mol. The van der Waals surface area contributed by atoms with Gasteiger partial charge in [-0.25, -0.2) is 0 Å². The van der Waals surface area contributed by atoms with Crippen LogP contribution in [-0.2, 0) is 9.47 Å². The molecule has 108 valence electrons. The van der Waals surface area contributed by atoms with Gasteiger partial charge >= 0.3 is 0 Å². The van der Waals surface area contributed by atoms with Crippen molar-refractivity contribution in [3.8, 4) is 0 Å². The third-order valence-electron chi connectivity index (χ3n) is 4.36. The standard InChI is InChI=1S/C15H30O3/c1-15(2,18-4)11-10-13(16)14(17-3)12-8-6-5-7-9-12/h12-14,16H,5-11H2,1-4H3. The Balaban J connectivity index is 2.43. The van der Waals surface area contributed by atoms with Crippen molar-refractivity contribution < 1.29 is 14.6 Å². The Kier molecular flexibility index (Phi) is 6.61. The van der Waals surface area contributed by atoms with E-state index in [0.717, 1.165) is 12.8 Å². The number of aliphatic hydroxyl groups excluding tert-OH is 1. The van der Waals surface area contributed by atoms with Crippen LogP contribution < -0.4 is 0 Å². The molecule has 3 heteroatoms. The van der Waals surface area contributed by atoms with Gasteiger partial charge in [-0.15, -0.1) is 0 Å². The number of hydrogen-bond donors (Lipinski definition) is 1. The molecule has 0 aromatic rings. The molecule has 1 aliphatic rings. The lowest BCUT2D eigenvalue weighted by molar-refractivity contribution is -0.0689. The summed E-state index contributed by atoms with van der Waals surface area (Å²) in [5.41, 5.74) is -0.161. The minimum atomic E-state index is -0.368. The molecule has 0 heterocycles. The highest BCUT2D eigenvalue weighted by Crippen LogP contribution is 2.31. The SMILES string of the molecule is COC(C(O)CCC(C)(C)OC)C1CCCCC1. The molecule has 0 aliphatic heterocycles. The summed E-state index contributed by atoms with van der Waals surface area (Å²) in [5, 5.41) is 10.3. The highest BCUT2D eigenvalue weighted by Gasteiger charge is 2.30. The van der Waals surface area contributed by atoms with Gasteiger partial charge in [0.15, 0.2) is 0 Å². The molecule has 0 radical (unpaired) electrons. The molecule has 0 aromatic heterocycles. The summed E-state index contributed by atoms with van der Waals surface area (Å²) in [6.07, 6.45) is 7.52. The first-order valence-corrected chi connectivity index (χ1v) is 7.26. The van der Waals surface area contributed by atoms with E-state index in [4.69, 9.17) is 9.47 Å². The number of rotatable bonds is 7. The lowest BCUT2D eigenvalue weighted by Gasteiger charge is -2.33. The molecule has 1 N–H and O–H groups in total. The lowest BCUT2D eigenvalue weighted by Crippen LogP contribution is -2.38. The maximum absolute atomic E-state index is 10.3. The molecule has 2 unspecified atom stereocenters. The van der Waals surface area contributed by atoms with E-state index in [0.29, 0.717) is 5.92 Å². The molecule has 3 nitrogen and oxygen atoms in total. The van der Waals surface area contributed by atoms with E-state index < -0.39 is 0 Å². The molecule has 1 fully saturated rings. The van der Waals surface area contributed by atoms with E-state index in [1.807, 2.05) is 0 Å². The van der Waals surface area contributed by atoms with Crippen molar-refractivity contribution in [3.63, 3.8) is 0 Å². The van der Waals surface area contributed by atoms with Crippen molar-refractivity contribution in [3.05, 3.63) is 0 Å². The van der Waals surface area contributed by atoms with Crippen LogP contribution in [0.25, 0.3) is 0 Å². The predicted molar refractivity (Wildman–Crippen MR) is 73.7 cm³/mol. The maximum atomic E-state index is 10.3. The smallest absolute Gasteiger partial charge is 0.0858 e. The van der Waals surface area contributed by atoms with Gasteiger partial charge in [0.2, 0.25) is 0 Å². The highest BCUT2D eigenvalue weighted by molar-refractivity contribution is 4.82. The molecular weight excluding hydrogens is 228 g/mol. The Morgan fingerprint density at radius 3 is 2.28 bits per heavy atom. The summed E-state index contributed by atoms with van der Waals surface area (Å²) in [4.78, 5) is 0. The maximum Gasteiger partial charge on any atom is 0.0858 e. The second-order valence-electron chi connectivity index (χ2n) is 6.17. The number of ether oxygens (including phenoxy) is 2. The average Bonchev–Trinajstić information content (AvgIpc) is 2.39. The molecule has 0 bridgehead atoms. The number of hydrogen-bond acceptors (Lipinski definition) is 3. The zero-order chi connectivity index (χ0) is 13.6. The minimum Gasteiger partial charge on any atom is -0.390 e. The first kappa shape index (κ1) is 15.9. The van der Waals surface area contributed by atoms with Crippen molar-refractivity contribution in [2.45, 2.75) is 76.6 Å². The molecule has 1 aliphatic carbocycles. The van der Waals surface area contributed by atoms with Crippen LogP contribution in [-0.4, -0.2) is 37.1 Å². The normalized spacial score (nSPS) is 21.8. The number of aliphatic hydroxyl groups is 1. The third-order valence-corrected chi connectivity index (χ3v) is 4.36. The largest absolute Gasteiger partial charge is 0.390 e. The van der Waals surface area contributed by atoms with Gasteiger partial charge in [0.05, 0.1) is 17.8 Å². The van der Waals surface area contributed by atoms with E-state index >= 15 is 0 Å². The zero-order valence-corrected chi connectivity index (χ0v) is 12.4. The lowest BCUT2D eigenvalue weighted by atomic mass is 9.82. The van der Waals surface area contributed by atoms with E-state index in [1.54, 1.807) is 14.2 Å². The van der Waals surface area contributed by atoms with Crippen LogP contribution in [0.3, 0.4) is 0 Å². The van der Waals surface area contributed by atoms with Gasteiger partial charge < -0.3 is 14.6 Å². The summed E-state index contributed by atoms with van der Waals surface area (Å²) in [5.74, 6) is 0.532. The van der Waals surface area contributed by atoms with Crippen LogP contribution in [0.5, 0.6) is 0 Å². The van der Waals surface area contributed by atoms with Gasteiger partial charge in [0, 0.05) is 14.2 Å². The summed E-state index contributed by atoms with van der Waals surface area (Å²) < 4.78 is 11.0. The van der Waals surface area contributed by atoms with Gasteiger partial charge in [-0.05, 0) is 45.4 Å². The Morgan fingerprint density at radius 1 is 1.17 bits per heavy atom. The van der Waals surface area contributed by atoms with Crippen LogP contribution in [0.4, 0.5) is 0 Å². The molecule has 18 heavy (non-hydrogen) atoms. The van der Waals surface area contributed by atoms with E-state index in [9.17, 15) is 5.11 Å². The van der Waals surface area contributed by atoms with Gasteiger partial charge in [0.1, 0.15) is 0 Å². The molecule has 0 saturated heterocycles. The molecule has 2 atom stereocenters. The second kappa shape index (κ2) is 7.46. The fraction of sp³-hybridized carbons (Fsp3) is 1.00. The van der Waals surface area contributed by atoms with Crippen molar-refractivity contribution >= 4 is 0 Å². The predicted octanol–water partition coefficient (Wildman–Crippen LogP) is 3.15. The summed E-state index contributed by atoms with van der Waals surface area (Å²) in [6.45, 7) is 4.12.